The first-order chi connectivity index (χ1) is 15.1. The fourth-order valence-electron chi connectivity index (χ4n) is 3.78. The number of rotatable bonds is 4. The van der Waals surface area contributed by atoms with Crippen molar-refractivity contribution in [1.29, 1.82) is 0 Å². The van der Waals surface area contributed by atoms with Crippen molar-refractivity contribution in [2.75, 3.05) is 18.4 Å². The molecule has 6 heteroatoms. The Bertz CT molecular complexity index is 1050. The van der Waals surface area contributed by atoms with Crippen LogP contribution in [-0.2, 0) is 0 Å². The normalized spacial score (nSPS) is 14.2. The molecule has 6 nitrogen and oxygen atoms in total. The van der Waals surface area contributed by atoms with Crippen LogP contribution in [0.4, 0.5) is 10.5 Å². The number of hydrogen-bond acceptors (Lipinski definition) is 3. The zero-order chi connectivity index (χ0) is 21.6. The number of piperidine rings is 1. The summed E-state index contributed by atoms with van der Waals surface area (Å²) >= 11 is 0. The van der Waals surface area contributed by atoms with Gasteiger partial charge < -0.3 is 15.5 Å². The first kappa shape index (κ1) is 20.6. The van der Waals surface area contributed by atoms with Gasteiger partial charge in [0, 0.05) is 30.4 Å². The third-order valence-corrected chi connectivity index (χ3v) is 5.54. The number of carbonyl (C=O) groups is 2. The Morgan fingerprint density at radius 3 is 2.19 bits per heavy atom. The van der Waals surface area contributed by atoms with Crippen molar-refractivity contribution in [3.63, 3.8) is 0 Å². The summed E-state index contributed by atoms with van der Waals surface area (Å²) in [6.07, 6.45) is 1.45. The summed E-state index contributed by atoms with van der Waals surface area (Å²) in [6.45, 7) is 3.07. The van der Waals surface area contributed by atoms with Crippen molar-refractivity contribution >= 4 is 17.6 Å². The molecule has 0 radical (unpaired) electrons. The van der Waals surface area contributed by atoms with Crippen molar-refractivity contribution in [3.05, 3.63) is 84.1 Å². The topological polar surface area (TPSA) is 74.3 Å². The second-order valence-corrected chi connectivity index (χ2v) is 7.73. The molecule has 0 atom stereocenters. The molecule has 1 aliphatic heterocycles. The van der Waals surface area contributed by atoms with Gasteiger partial charge in [0.25, 0.3) is 5.91 Å². The average Bonchev–Trinajstić information content (AvgIpc) is 2.80. The molecule has 0 bridgehead atoms. The van der Waals surface area contributed by atoms with Gasteiger partial charge in [-0.1, -0.05) is 48.5 Å². The Hall–Kier alpha value is -3.67. The van der Waals surface area contributed by atoms with E-state index in [0.29, 0.717) is 24.3 Å². The SMILES string of the molecule is Cc1nc(-c2ccccc2)ccc1C(=O)NC1CCN(C(=O)Nc2ccccc2)CC1. The van der Waals surface area contributed by atoms with Crippen LogP contribution in [0.5, 0.6) is 0 Å². The molecule has 0 saturated carbocycles. The van der Waals surface area contributed by atoms with E-state index in [4.69, 9.17) is 0 Å². The molecule has 0 spiro atoms. The van der Waals surface area contributed by atoms with Gasteiger partial charge in [-0.05, 0) is 44.0 Å². The van der Waals surface area contributed by atoms with E-state index in [1.54, 1.807) is 4.90 Å². The van der Waals surface area contributed by atoms with Gasteiger partial charge in [0.1, 0.15) is 0 Å². The lowest BCUT2D eigenvalue weighted by Crippen LogP contribution is -2.47. The zero-order valence-corrected chi connectivity index (χ0v) is 17.5. The minimum atomic E-state index is -0.114. The summed E-state index contributed by atoms with van der Waals surface area (Å²) in [6, 6.07) is 23.0. The summed E-state index contributed by atoms with van der Waals surface area (Å²) in [5.41, 5.74) is 3.96. The molecule has 2 aromatic carbocycles. The van der Waals surface area contributed by atoms with Crippen LogP contribution in [-0.4, -0.2) is 41.0 Å². The number of aryl methyl sites for hydroxylation is 1. The van der Waals surface area contributed by atoms with Gasteiger partial charge >= 0.3 is 6.03 Å². The molecule has 0 unspecified atom stereocenters. The lowest BCUT2D eigenvalue weighted by Gasteiger charge is -2.32. The molecule has 0 aliphatic carbocycles. The molecule has 3 amide bonds. The Balaban J connectivity index is 1.31. The number of hydrogen-bond donors (Lipinski definition) is 2. The van der Waals surface area contributed by atoms with Crippen molar-refractivity contribution in [3.8, 4) is 11.3 Å². The summed E-state index contributed by atoms with van der Waals surface area (Å²) < 4.78 is 0. The van der Waals surface area contributed by atoms with Crippen LogP contribution >= 0.6 is 0 Å². The Labute approximate surface area is 182 Å². The predicted molar refractivity (Wildman–Crippen MR) is 122 cm³/mol. The van der Waals surface area contributed by atoms with E-state index in [1.807, 2.05) is 79.7 Å². The van der Waals surface area contributed by atoms with Crippen molar-refractivity contribution < 1.29 is 9.59 Å². The maximum atomic E-state index is 12.8. The smallest absolute Gasteiger partial charge is 0.321 e. The highest BCUT2D eigenvalue weighted by Crippen LogP contribution is 2.19. The summed E-state index contributed by atoms with van der Waals surface area (Å²) in [4.78, 5) is 31.6. The minimum Gasteiger partial charge on any atom is -0.349 e. The number of pyridine rings is 1. The van der Waals surface area contributed by atoms with Gasteiger partial charge in [0.2, 0.25) is 0 Å². The van der Waals surface area contributed by atoms with Crippen LogP contribution in [0.15, 0.2) is 72.8 Å². The molecule has 31 heavy (non-hydrogen) atoms. The monoisotopic (exact) mass is 414 g/mol. The standard InChI is InChI=1S/C25H26N4O2/c1-18-22(12-13-23(26-18)19-8-4-2-5-9-19)24(30)27-21-14-16-29(17-15-21)25(31)28-20-10-6-3-7-11-20/h2-13,21H,14-17H2,1H3,(H,27,30)(H,28,31). The quantitative estimate of drug-likeness (QED) is 0.661. The first-order valence-corrected chi connectivity index (χ1v) is 10.5. The molecule has 3 aromatic rings. The molecule has 2 N–H and O–H groups in total. The highest BCUT2D eigenvalue weighted by atomic mass is 16.2. The molecular weight excluding hydrogens is 388 g/mol. The fraction of sp³-hybridized carbons (Fsp3) is 0.240. The molecule has 2 heterocycles. The highest BCUT2D eigenvalue weighted by Gasteiger charge is 2.24. The highest BCUT2D eigenvalue weighted by molar-refractivity contribution is 5.95. The van der Waals surface area contributed by atoms with Crippen LogP contribution in [0.3, 0.4) is 0 Å². The predicted octanol–water partition coefficient (Wildman–Crippen LogP) is 4.48. The van der Waals surface area contributed by atoms with E-state index in [-0.39, 0.29) is 18.0 Å². The van der Waals surface area contributed by atoms with Gasteiger partial charge in [-0.3, -0.25) is 9.78 Å². The fourth-order valence-corrected chi connectivity index (χ4v) is 3.78. The Morgan fingerprint density at radius 2 is 1.55 bits per heavy atom. The lowest BCUT2D eigenvalue weighted by atomic mass is 10.0. The van der Waals surface area contributed by atoms with E-state index >= 15 is 0 Å². The minimum absolute atomic E-state index is 0.0430. The third kappa shape index (κ3) is 5.09. The molecule has 1 aromatic heterocycles. The second-order valence-electron chi connectivity index (χ2n) is 7.73. The van der Waals surface area contributed by atoms with E-state index in [0.717, 1.165) is 29.8 Å². The number of carbonyl (C=O) groups excluding carboxylic acids is 2. The maximum absolute atomic E-state index is 12.8. The van der Waals surface area contributed by atoms with Crippen LogP contribution < -0.4 is 10.6 Å². The third-order valence-electron chi connectivity index (χ3n) is 5.54. The van der Waals surface area contributed by atoms with Crippen molar-refractivity contribution in [2.24, 2.45) is 0 Å². The van der Waals surface area contributed by atoms with Gasteiger partial charge in [-0.2, -0.15) is 0 Å². The van der Waals surface area contributed by atoms with E-state index in [1.165, 1.54) is 0 Å². The van der Waals surface area contributed by atoms with Crippen LogP contribution in [0, 0.1) is 6.92 Å². The van der Waals surface area contributed by atoms with Gasteiger partial charge in [0.05, 0.1) is 17.0 Å². The first-order valence-electron chi connectivity index (χ1n) is 10.5. The maximum Gasteiger partial charge on any atom is 0.321 e. The molecular formula is C25H26N4O2. The van der Waals surface area contributed by atoms with E-state index in [2.05, 4.69) is 15.6 Å². The summed E-state index contributed by atoms with van der Waals surface area (Å²) in [5, 5.41) is 6.02. The van der Waals surface area contributed by atoms with Crippen LogP contribution in [0.1, 0.15) is 28.9 Å². The number of aromatic nitrogens is 1. The van der Waals surface area contributed by atoms with Crippen LogP contribution in [0.2, 0.25) is 0 Å². The van der Waals surface area contributed by atoms with Crippen LogP contribution in [0.25, 0.3) is 11.3 Å². The lowest BCUT2D eigenvalue weighted by molar-refractivity contribution is 0.0918. The molecule has 1 aliphatic rings. The second kappa shape index (κ2) is 9.43. The van der Waals surface area contributed by atoms with Gasteiger partial charge in [-0.15, -0.1) is 0 Å². The van der Waals surface area contributed by atoms with E-state index in [9.17, 15) is 9.59 Å². The Kier molecular flexibility index (Phi) is 6.26. The number of nitrogens with zero attached hydrogens (tertiary/aromatic N) is 2. The van der Waals surface area contributed by atoms with E-state index < -0.39 is 0 Å². The summed E-state index contributed by atoms with van der Waals surface area (Å²) in [7, 11) is 0. The number of para-hydroxylation sites is 1. The number of urea groups is 1. The largest absolute Gasteiger partial charge is 0.349 e. The molecule has 1 saturated heterocycles. The molecule has 4 rings (SSSR count). The average molecular weight is 415 g/mol. The number of likely N-dealkylation sites (tertiary alicyclic amines) is 1. The number of amides is 3. The number of anilines is 1. The molecule has 158 valence electrons. The number of benzene rings is 2. The zero-order valence-electron chi connectivity index (χ0n) is 17.5. The summed E-state index contributed by atoms with van der Waals surface area (Å²) in [5.74, 6) is -0.114. The number of nitrogens with one attached hydrogen (secondary N) is 2. The molecule has 1 fully saturated rings. The van der Waals surface area contributed by atoms with Gasteiger partial charge in [0.15, 0.2) is 0 Å². The van der Waals surface area contributed by atoms with Crippen molar-refractivity contribution in [1.82, 2.24) is 15.2 Å². The van der Waals surface area contributed by atoms with Crippen molar-refractivity contribution in [2.45, 2.75) is 25.8 Å². The van der Waals surface area contributed by atoms with Gasteiger partial charge in [-0.25, -0.2) is 4.79 Å². The Morgan fingerprint density at radius 1 is 0.903 bits per heavy atom.